The smallest absolute Gasteiger partial charge is 0.135 e. The van der Waals surface area contributed by atoms with Crippen LogP contribution in [0, 0.1) is 5.41 Å². The zero-order valence-electron chi connectivity index (χ0n) is 12.0. The van der Waals surface area contributed by atoms with Crippen LogP contribution >= 0.6 is 0 Å². The summed E-state index contributed by atoms with van der Waals surface area (Å²) in [6.45, 7) is 14.3. The molecule has 98 valence electrons. The minimum atomic E-state index is 0.289. The second-order valence-electron chi connectivity index (χ2n) is 5.24. The molecule has 1 aromatic heterocycles. The van der Waals surface area contributed by atoms with Crippen LogP contribution < -0.4 is 5.32 Å². The Morgan fingerprint density at radius 2 is 2.00 bits per heavy atom. The SMILES string of the molecule is C=C(C)c1cc(C(C)C)nc(NC(C)C)c1C=N. The fourth-order valence-corrected chi connectivity index (χ4v) is 1.75. The lowest BCUT2D eigenvalue weighted by Crippen LogP contribution is -2.15. The Labute approximate surface area is 110 Å². The molecule has 0 amide bonds. The van der Waals surface area contributed by atoms with Gasteiger partial charge in [0.1, 0.15) is 5.82 Å². The molecule has 0 fully saturated rings. The summed E-state index contributed by atoms with van der Waals surface area (Å²) in [6, 6.07) is 2.33. The van der Waals surface area contributed by atoms with Crippen molar-refractivity contribution in [3.63, 3.8) is 0 Å². The van der Waals surface area contributed by atoms with Gasteiger partial charge in [-0.2, -0.15) is 0 Å². The molecule has 0 unspecified atom stereocenters. The predicted octanol–water partition coefficient (Wildman–Crippen LogP) is 4.06. The summed E-state index contributed by atoms with van der Waals surface area (Å²) in [5.41, 5.74) is 3.82. The Bertz CT molecular complexity index is 459. The molecule has 0 aliphatic heterocycles. The van der Waals surface area contributed by atoms with Crippen LogP contribution in [0.5, 0.6) is 0 Å². The quantitative estimate of drug-likeness (QED) is 0.769. The van der Waals surface area contributed by atoms with Crippen LogP contribution in [-0.2, 0) is 0 Å². The molecule has 1 aromatic rings. The lowest BCUT2D eigenvalue weighted by atomic mass is 9.99. The fraction of sp³-hybridized carbons (Fsp3) is 0.467. The highest BCUT2D eigenvalue weighted by Gasteiger charge is 2.13. The van der Waals surface area contributed by atoms with Crippen molar-refractivity contribution in [2.45, 2.75) is 46.6 Å². The minimum Gasteiger partial charge on any atom is -0.367 e. The molecule has 1 heterocycles. The first-order valence-corrected chi connectivity index (χ1v) is 6.34. The Kier molecular flexibility index (Phi) is 4.65. The first-order valence-electron chi connectivity index (χ1n) is 6.34. The van der Waals surface area contributed by atoms with Crippen LogP contribution in [0.4, 0.5) is 5.82 Å². The van der Waals surface area contributed by atoms with Gasteiger partial charge < -0.3 is 10.7 Å². The van der Waals surface area contributed by atoms with Gasteiger partial charge in [0.25, 0.3) is 0 Å². The van der Waals surface area contributed by atoms with Crippen molar-refractivity contribution in [3.05, 3.63) is 29.5 Å². The van der Waals surface area contributed by atoms with E-state index in [9.17, 15) is 0 Å². The normalized spacial score (nSPS) is 10.8. The van der Waals surface area contributed by atoms with E-state index in [4.69, 9.17) is 5.41 Å². The van der Waals surface area contributed by atoms with Crippen molar-refractivity contribution in [1.29, 1.82) is 5.41 Å². The molecule has 2 N–H and O–H groups in total. The average molecular weight is 245 g/mol. The van der Waals surface area contributed by atoms with Gasteiger partial charge in [-0.05, 0) is 38.3 Å². The molecule has 0 saturated heterocycles. The van der Waals surface area contributed by atoms with Gasteiger partial charge in [-0.25, -0.2) is 4.98 Å². The van der Waals surface area contributed by atoms with Crippen molar-refractivity contribution < 1.29 is 0 Å². The highest BCUT2D eigenvalue weighted by molar-refractivity contribution is 5.92. The van der Waals surface area contributed by atoms with Gasteiger partial charge >= 0.3 is 0 Å². The average Bonchev–Trinajstić information content (AvgIpc) is 2.26. The number of rotatable bonds is 5. The standard InChI is InChI=1S/C15H23N3/c1-9(2)12-7-14(10(3)4)18-15(13(12)8-16)17-11(5)6/h7-8,10-11,16H,1H2,2-6H3,(H,17,18). The van der Waals surface area contributed by atoms with Crippen molar-refractivity contribution in [2.24, 2.45) is 0 Å². The molecule has 0 atom stereocenters. The molecule has 0 bridgehead atoms. The van der Waals surface area contributed by atoms with Gasteiger partial charge in [-0.3, -0.25) is 0 Å². The van der Waals surface area contributed by atoms with Gasteiger partial charge in [-0.15, -0.1) is 0 Å². The molecule has 3 nitrogen and oxygen atoms in total. The third-order valence-corrected chi connectivity index (χ3v) is 2.70. The number of anilines is 1. The lowest BCUT2D eigenvalue weighted by molar-refractivity contribution is 0.813. The van der Waals surface area contributed by atoms with E-state index in [1.165, 1.54) is 6.21 Å². The van der Waals surface area contributed by atoms with Gasteiger partial charge in [-0.1, -0.05) is 26.0 Å². The third kappa shape index (κ3) is 3.19. The van der Waals surface area contributed by atoms with E-state index in [2.05, 4.69) is 44.6 Å². The summed E-state index contributed by atoms with van der Waals surface area (Å²) >= 11 is 0. The summed E-state index contributed by atoms with van der Waals surface area (Å²) in [6.07, 6.45) is 1.35. The second-order valence-corrected chi connectivity index (χ2v) is 5.24. The maximum atomic E-state index is 7.59. The van der Waals surface area contributed by atoms with Crippen molar-refractivity contribution in [2.75, 3.05) is 5.32 Å². The molecule has 0 aliphatic rings. The summed E-state index contributed by atoms with van der Waals surface area (Å²) in [4.78, 5) is 4.62. The molecule has 0 radical (unpaired) electrons. The fourth-order valence-electron chi connectivity index (χ4n) is 1.75. The molecule has 0 spiro atoms. The maximum Gasteiger partial charge on any atom is 0.135 e. The molecule has 18 heavy (non-hydrogen) atoms. The second kappa shape index (κ2) is 5.80. The molecule has 0 aromatic carbocycles. The topological polar surface area (TPSA) is 48.8 Å². The largest absolute Gasteiger partial charge is 0.367 e. The number of allylic oxidation sites excluding steroid dienone is 1. The van der Waals surface area contributed by atoms with Gasteiger partial charge in [0.2, 0.25) is 0 Å². The first kappa shape index (κ1) is 14.4. The Morgan fingerprint density at radius 1 is 1.39 bits per heavy atom. The van der Waals surface area contributed by atoms with Crippen molar-refractivity contribution in [3.8, 4) is 0 Å². The zero-order valence-corrected chi connectivity index (χ0v) is 12.0. The summed E-state index contributed by atoms with van der Waals surface area (Å²) in [7, 11) is 0. The molecule has 1 rings (SSSR count). The lowest BCUT2D eigenvalue weighted by Gasteiger charge is -2.18. The number of nitrogens with one attached hydrogen (secondary N) is 2. The number of pyridine rings is 1. The molecular formula is C15H23N3. The molecular weight excluding hydrogens is 222 g/mol. The number of aromatic nitrogens is 1. The van der Waals surface area contributed by atoms with E-state index in [0.717, 1.165) is 28.2 Å². The maximum absolute atomic E-state index is 7.59. The molecule has 0 aliphatic carbocycles. The zero-order chi connectivity index (χ0) is 13.9. The van der Waals surface area contributed by atoms with Gasteiger partial charge in [0.05, 0.1) is 0 Å². The van der Waals surface area contributed by atoms with Crippen molar-refractivity contribution in [1.82, 2.24) is 4.98 Å². The van der Waals surface area contributed by atoms with Gasteiger partial charge in [0.15, 0.2) is 0 Å². The molecule has 0 saturated carbocycles. The van der Waals surface area contributed by atoms with Crippen LogP contribution in [0.25, 0.3) is 5.57 Å². The van der Waals surface area contributed by atoms with Crippen LogP contribution in [-0.4, -0.2) is 17.2 Å². The van der Waals surface area contributed by atoms with E-state index in [1.54, 1.807) is 0 Å². The van der Waals surface area contributed by atoms with E-state index in [1.807, 2.05) is 13.0 Å². The van der Waals surface area contributed by atoms with Crippen LogP contribution in [0.1, 0.15) is 57.4 Å². The number of nitrogens with zero attached hydrogens (tertiary/aromatic N) is 1. The first-order chi connectivity index (χ1) is 8.36. The Hall–Kier alpha value is -1.64. The van der Waals surface area contributed by atoms with Crippen LogP contribution in [0.3, 0.4) is 0 Å². The highest BCUT2D eigenvalue weighted by atomic mass is 15.0. The summed E-state index contributed by atoms with van der Waals surface area (Å²) < 4.78 is 0. The Morgan fingerprint density at radius 3 is 2.39 bits per heavy atom. The predicted molar refractivity (Wildman–Crippen MR) is 79.7 cm³/mol. The van der Waals surface area contributed by atoms with E-state index >= 15 is 0 Å². The van der Waals surface area contributed by atoms with Crippen LogP contribution in [0.2, 0.25) is 0 Å². The summed E-state index contributed by atoms with van der Waals surface area (Å²) in [5.74, 6) is 1.14. The number of hydrogen-bond donors (Lipinski definition) is 2. The Balaban J connectivity index is 3.45. The number of hydrogen-bond acceptors (Lipinski definition) is 3. The monoisotopic (exact) mass is 245 g/mol. The molecule has 3 heteroatoms. The third-order valence-electron chi connectivity index (χ3n) is 2.70. The van der Waals surface area contributed by atoms with E-state index < -0.39 is 0 Å². The minimum absolute atomic E-state index is 0.289. The van der Waals surface area contributed by atoms with Gasteiger partial charge in [0, 0.05) is 23.5 Å². The summed E-state index contributed by atoms with van der Waals surface area (Å²) in [5, 5.41) is 10.9. The van der Waals surface area contributed by atoms with Crippen LogP contribution in [0.15, 0.2) is 12.6 Å². The van der Waals surface area contributed by atoms with Crippen molar-refractivity contribution >= 4 is 17.6 Å². The van der Waals surface area contributed by atoms with E-state index in [-0.39, 0.29) is 6.04 Å². The van der Waals surface area contributed by atoms with E-state index in [0.29, 0.717) is 5.92 Å². The highest BCUT2D eigenvalue weighted by Crippen LogP contribution is 2.26.